The lowest BCUT2D eigenvalue weighted by atomic mass is 9.98. The Bertz CT molecular complexity index is 464. The molecule has 0 saturated heterocycles. The molecule has 0 aliphatic carbocycles. The minimum Gasteiger partial charge on any atom is -0.481 e. The average Bonchev–Trinajstić information content (AvgIpc) is 2.24. The van der Waals surface area contributed by atoms with Crippen LogP contribution in [0.5, 0.6) is 5.75 Å². The van der Waals surface area contributed by atoms with Gasteiger partial charge in [-0.2, -0.15) is 0 Å². The molecule has 1 aromatic rings. The molecule has 0 aromatic heterocycles. The molecule has 2 nitrogen and oxygen atoms in total. The van der Waals surface area contributed by atoms with Crippen LogP contribution in [0.2, 0.25) is 5.02 Å². The topological polar surface area (TPSA) is 35.2 Å². The second-order valence-corrected chi connectivity index (χ2v) is 5.75. The number of nitrogens with two attached hydrogens (primary N) is 1. The Morgan fingerprint density at radius 2 is 2.06 bits per heavy atom. The van der Waals surface area contributed by atoms with Crippen LogP contribution >= 0.6 is 11.6 Å². The summed E-state index contributed by atoms with van der Waals surface area (Å²) in [5.41, 5.74) is 6.78. The van der Waals surface area contributed by atoms with E-state index in [9.17, 15) is 0 Å². The lowest BCUT2D eigenvalue weighted by molar-refractivity contribution is 0.363. The molecule has 1 atom stereocenters. The van der Waals surface area contributed by atoms with Gasteiger partial charge >= 0.3 is 0 Å². The highest BCUT2D eigenvalue weighted by atomic mass is 35.5. The van der Waals surface area contributed by atoms with E-state index in [1.54, 1.807) is 6.07 Å². The number of hydrogen-bond donors (Lipinski definition) is 1. The van der Waals surface area contributed by atoms with Crippen molar-refractivity contribution < 1.29 is 4.74 Å². The molecule has 3 heteroatoms. The van der Waals surface area contributed by atoms with E-state index in [4.69, 9.17) is 22.1 Å². The first-order valence-corrected chi connectivity index (χ1v) is 6.35. The predicted octanol–water partition coefficient (Wildman–Crippen LogP) is 3.79. The fraction of sp³-hybridized carbons (Fsp3) is 0.467. The van der Waals surface area contributed by atoms with Gasteiger partial charge in [0, 0.05) is 22.0 Å². The second kappa shape index (κ2) is 6.13. The maximum atomic E-state index is 5.94. The van der Waals surface area contributed by atoms with Crippen molar-refractivity contribution in [1.82, 2.24) is 0 Å². The maximum Gasteiger partial charge on any atom is 0.149 e. The number of halogens is 1. The van der Waals surface area contributed by atoms with Gasteiger partial charge in [0.1, 0.15) is 12.4 Å². The SMILES string of the molecule is C[C@@H](N)c1cc(Cl)ccc1OCC#CC(C)(C)C. The Morgan fingerprint density at radius 3 is 2.61 bits per heavy atom. The first-order chi connectivity index (χ1) is 8.29. The molecule has 0 saturated carbocycles. The molecule has 0 bridgehead atoms. The van der Waals surface area contributed by atoms with Gasteiger partial charge < -0.3 is 10.5 Å². The van der Waals surface area contributed by atoms with Gasteiger partial charge in [-0.25, -0.2) is 0 Å². The molecule has 0 heterocycles. The van der Waals surface area contributed by atoms with Gasteiger partial charge in [-0.05, 0) is 45.9 Å². The van der Waals surface area contributed by atoms with Crippen LogP contribution in [0.1, 0.15) is 39.3 Å². The molecule has 0 unspecified atom stereocenters. The zero-order valence-electron chi connectivity index (χ0n) is 11.4. The zero-order valence-corrected chi connectivity index (χ0v) is 12.1. The van der Waals surface area contributed by atoms with Crippen LogP contribution < -0.4 is 10.5 Å². The Morgan fingerprint density at radius 1 is 1.39 bits per heavy atom. The standard InChI is InChI=1S/C15H20ClNO/c1-11(17)13-10-12(16)6-7-14(13)18-9-5-8-15(2,3)4/h6-7,10-11H,9,17H2,1-4H3/t11-/m1/s1. The Kier molecular flexibility index (Phi) is 5.07. The maximum absolute atomic E-state index is 5.94. The van der Waals surface area contributed by atoms with E-state index in [1.165, 1.54) is 0 Å². The van der Waals surface area contributed by atoms with Gasteiger partial charge in [-0.3, -0.25) is 0 Å². The molecule has 0 amide bonds. The number of benzene rings is 1. The molecule has 0 spiro atoms. The van der Waals surface area contributed by atoms with E-state index in [0.29, 0.717) is 11.6 Å². The molecule has 0 aliphatic heterocycles. The van der Waals surface area contributed by atoms with E-state index in [0.717, 1.165) is 11.3 Å². The van der Waals surface area contributed by atoms with Crippen molar-refractivity contribution in [1.29, 1.82) is 0 Å². The molecule has 0 fully saturated rings. The van der Waals surface area contributed by atoms with E-state index in [1.807, 2.05) is 19.1 Å². The molecule has 0 radical (unpaired) electrons. The van der Waals surface area contributed by atoms with Crippen molar-refractivity contribution in [2.45, 2.75) is 33.7 Å². The summed E-state index contributed by atoms with van der Waals surface area (Å²) >= 11 is 5.94. The first kappa shape index (κ1) is 14.9. The summed E-state index contributed by atoms with van der Waals surface area (Å²) in [5.74, 6) is 6.88. The summed E-state index contributed by atoms with van der Waals surface area (Å²) < 4.78 is 5.64. The monoisotopic (exact) mass is 265 g/mol. The molecule has 18 heavy (non-hydrogen) atoms. The largest absolute Gasteiger partial charge is 0.481 e. The number of rotatable bonds is 3. The quantitative estimate of drug-likeness (QED) is 0.844. The van der Waals surface area contributed by atoms with Crippen LogP contribution in [0.15, 0.2) is 18.2 Å². The minimum atomic E-state index is -0.116. The van der Waals surface area contributed by atoms with Crippen molar-refractivity contribution in [2.75, 3.05) is 6.61 Å². The van der Waals surface area contributed by atoms with Crippen LogP contribution in [0.3, 0.4) is 0 Å². The van der Waals surface area contributed by atoms with Crippen molar-refractivity contribution >= 4 is 11.6 Å². The number of ether oxygens (including phenoxy) is 1. The highest BCUT2D eigenvalue weighted by Gasteiger charge is 2.08. The summed E-state index contributed by atoms with van der Waals surface area (Å²) in [5, 5.41) is 0.662. The Balaban J connectivity index is 2.75. The third-order valence-electron chi connectivity index (χ3n) is 2.23. The Hall–Kier alpha value is -1.17. The summed E-state index contributed by atoms with van der Waals surface area (Å²) in [6.07, 6.45) is 0. The van der Waals surface area contributed by atoms with Crippen molar-refractivity contribution in [3.05, 3.63) is 28.8 Å². The summed E-state index contributed by atoms with van der Waals surface area (Å²) in [7, 11) is 0. The average molecular weight is 266 g/mol. The van der Waals surface area contributed by atoms with E-state index in [2.05, 4.69) is 32.6 Å². The lowest BCUT2D eigenvalue weighted by Gasteiger charge is -2.13. The van der Waals surface area contributed by atoms with Crippen molar-refractivity contribution in [3.8, 4) is 17.6 Å². The van der Waals surface area contributed by atoms with Gasteiger partial charge in [-0.1, -0.05) is 23.4 Å². The molecule has 1 rings (SSSR count). The number of hydrogen-bond acceptors (Lipinski definition) is 2. The van der Waals surface area contributed by atoms with E-state index < -0.39 is 0 Å². The molecular weight excluding hydrogens is 246 g/mol. The van der Waals surface area contributed by atoms with Gasteiger partial charge in [0.15, 0.2) is 0 Å². The van der Waals surface area contributed by atoms with Gasteiger partial charge in [-0.15, -0.1) is 0 Å². The van der Waals surface area contributed by atoms with Crippen LogP contribution in [-0.2, 0) is 0 Å². The minimum absolute atomic E-state index is 0.00660. The van der Waals surface area contributed by atoms with Crippen molar-refractivity contribution in [3.63, 3.8) is 0 Å². The third-order valence-corrected chi connectivity index (χ3v) is 2.46. The summed E-state index contributed by atoms with van der Waals surface area (Å²) in [4.78, 5) is 0. The summed E-state index contributed by atoms with van der Waals surface area (Å²) in [6.45, 7) is 8.46. The van der Waals surface area contributed by atoms with Gasteiger partial charge in [0.25, 0.3) is 0 Å². The molecule has 2 N–H and O–H groups in total. The fourth-order valence-electron chi connectivity index (χ4n) is 1.42. The smallest absolute Gasteiger partial charge is 0.149 e. The van der Waals surface area contributed by atoms with Crippen molar-refractivity contribution in [2.24, 2.45) is 11.1 Å². The fourth-order valence-corrected chi connectivity index (χ4v) is 1.60. The normalized spacial score (nSPS) is 12.6. The highest BCUT2D eigenvalue weighted by molar-refractivity contribution is 6.30. The molecular formula is C15H20ClNO. The van der Waals surface area contributed by atoms with Crippen LogP contribution in [0.25, 0.3) is 0 Å². The van der Waals surface area contributed by atoms with Crippen LogP contribution in [0.4, 0.5) is 0 Å². The second-order valence-electron chi connectivity index (χ2n) is 5.31. The lowest BCUT2D eigenvalue weighted by Crippen LogP contribution is -2.08. The van der Waals surface area contributed by atoms with Crippen LogP contribution in [-0.4, -0.2) is 6.61 Å². The molecule has 0 aliphatic rings. The van der Waals surface area contributed by atoms with E-state index >= 15 is 0 Å². The predicted molar refractivity (Wildman–Crippen MR) is 76.8 cm³/mol. The highest BCUT2D eigenvalue weighted by Crippen LogP contribution is 2.27. The zero-order chi connectivity index (χ0) is 13.8. The van der Waals surface area contributed by atoms with E-state index in [-0.39, 0.29) is 11.5 Å². The molecule has 1 aromatic carbocycles. The van der Waals surface area contributed by atoms with Gasteiger partial charge in [0.2, 0.25) is 0 Å². The third kappa shape index (κ3) is 5.00. The molecule has 98 valence electrons. The Labute approximate surface area is 114 Å². The first-order valence-electron chi connectivity index (χ1n) is 5.97. The summed E-state index contributed by atoms with van der Waals surface area (Å²) in [6, 6.07) is 5.34. The van der Waals surface area contributed by atoms with Crippen LogP contribution in [0, 0.1) is 17.3 Å². The van der Waals surface area contributed by atoms with Gasteiger partial charge in [0.05, 0.1) is 0 Å².